The zero-order chi connectivity index (χ0) is 12.5. The van der Waals surface area contributed by atoms with Crippen LogP contribution in [0.25, 0.3) is 0 Å². The summed E-state index contributed by atoms with van der Waals surface area (Å²) < 4.78 is 11.1. The van der Waals surface area contributed by atoms with Crippen molar-refractivity contribution < 1.29 is 9.47 Å². The second-order valence-corrected chi connectivity index (χ2v) is 4.25. The first kappa shape index (κ1) is 13.9. The second-order valence-electron chi connectivity index (χ2n) is 4.25. The summed E-state index contributed by atoms with van der Waals surface area (Å²) in [6, 6.07) is 6.17. The van der Waals surface area contributed by atoms with Crippen LogP contribution in [0.4, 0.5) is 0 Å². The van der Waals surface area contributed by atoms with Crippen molar-refractivity contribution in [1.82, 2.24) is 0 Å². The Morgan fingerprint density at radius 3 is 2.47 bits per heavy atom. The molecule has 0 amide bonds. The highest BCUT2D eigenvalue weighted by atomic mass is 16.5. The predicted octanol–water partition coefficient (Wildman–Crippen LogP) is 4.22. The molecule has 0 saturated carbocycles. The second kappa shape index (κ2) is 7.99. The van der Waals surface area contributed by atoms with E-state index >= 15 is 0 Å². The lowest BCUT2D eigenvalue weighted by atomic mass is 10.1. The summed E-state index contributed by atoms with van der Waals surface area (Å²) in [4.78, 5) is 0. The van der Waals surface area contributed by atoms with E-state index < -0.39 is 0 Å². The van der Waals surface area contributed by atoms with Gasteiger partial charge in [-0.1, -0.05) is 39.2 Å². The van der Waals surface area contributed by atoms with Gasteiger partial charge in [0.2, 0.25) is 0 Å². The Bertz CT molecular complexity index is 321. The lowest BCUT2D eigenvalue weighted by Gasteiger charge is -2.11. The topological polar surface area (TPSA) is 18.5 Å². The number of rotatable bonds is 8. The Morgan fingerprint density at radius 2 is 1.82 bits per heavy atom. The molecule has 0 unspecified atom stereocenters. The van der Waals surface area contributed by atoms with Crippen LogP contribution in [0, 0.1) is 0 Å². The Morgan fingerprint density at radius 1 is 1.00 bits per heavy atom. The molecule has 0 aliphatic rings. The van der Waals surface area contributed by atoms with E-state index in [9.17, 15) is 0 Å². The van der Waals surface area contributed by atoms with Crippen LogP contribution in [0.2, 0.25) is 0 Å². The molecule has 2 heteroatoms. The molecule has 1 aromatic rings. The first-order valence-electron chi connectivity index (χ1n) is 6.61. The van der Waals surface area contributed by atoms with Crippen LogP contribution in [-0.2, 0) is 6.42 Å². The van der Waals surface area contributed by atoms with E-state index in [1.807, 2.05) is 6.07 Å². The van der Waals surface area contributed by atoms with E-state index in [-0.39, 0.29) is 0 Å². The average Bonchev–Trinajstić information content (AvgIpc) is 2.38. The van der Waals surface area contributed by atoms with Crippen molar-refractivity contribution in [2.45, 2.75) is 46.0 Å². The number of unbranched alkanes of at least 4 members (excludes halogenated alkanes) is 3. The number of hydrogen-bond acceptors (Lipinski definition) is 2. The number of methoxy groups -OCH3 is 1. The molecule has 2 nitrogen and oxygen atoms in total. The lowest BCUT2D eigenvalue weighted by Crippen LogP contribution is -1.99. The van der Waals surface area contributed by atoms with E-state index in [1.165, 1.54) is 24.8 Å². The molecule has 0 aliphatic carbocycles. The van der Waals surface area contributed by atoms with Crippen molar-refractivity contribution in [3.05, 3.63) is 23.8 Å². The first-order valence-corrected chi connectivity index (χ1v) is 6.61. The van der Waals surface area contributed by atoms with E-state index in [0.717, 1.165) is 30.9 Å². The minimum Gasteiger partial charge on any atom is -0.493 e. The van der Waals surface area contributed by atoms with Gasteiger partial charge in [0.25, 0.3) is 0 Å². The average molecular weight is 236 g/mol. The third-order valence-corrected chi connectivity index (χ3v) is 2.89. The van der Waals surface area contributed by atoms with Crippen LogP contribution < -0.4 is 9.47 Å². The molecule has 17 heavy (non-hydrogen) atoms. The van der Waals surface area contributed by atoms with Gasteiger partial charge in [-0.2, -0.15) is 0 Å². The van der Waals surface area contributed by atoms with Gasteiger partial charge in [-0.05, 0) is 30.5 Å². The van der Waals surface area contributed by atoms with Crippen LogP contribution in [-0.4, -0.2) is 13.7 Å². The summed E-state index contributed by atoms with van der Waals surface area (Å²) in [5.41, 5.74) is 1.28. The Labute approximate surface area is 105 Å². The van der Waals surface area contributed by atoms with Crippen LogP contribution in [0.1, 0.15) is 45.1 Å². The van der Waals surface area contributed by atoms with Crippen molar-refractivity contribution in [2.24, 2.45) is 0 Å². The lowest BCUT2D eigenvalue weighted by molar-refractivity contribution is 0.285. The zero-order valence-corrected chi connectivity index (χ0v) is 11.3. The van der Waals surface area contributed by atoms with Crippen LogP contribution in [0.5, 0.6) is 11.5 Å². The number of hydrogen-bond donors (Lipinski definition) is 0. The fourth-order valence-electron chi connectivity index (χ4n) is 1.76. The third kappa shape index (κ3) is 4.68. The maximum Gasteiger partial charge on any atom is 0.161 e. The third-order valence-electron chi connectivity index (χ3n) is 2.89. The van der Waals surface area contributed by atoms with E-state index in [4.69, 9.17) is 9.47 Å². The highest BCUT2D eigenvalue weighted by Crippen LogP contribution is 2.28. The maximum absolute atomic E-state index is 5.75. The Kier molecular flexibility index (Phi) is 6.53. The standard InChI is InChI=1S/C15H24O2/c1-4-6-7-8-11-17-14-10-9-13(5-2)12-15(14)16-3/h9-10,12H,4-8,11H2,1-3H3. The van der Waals surface area contributed by atoms with Crippen molar-refractivity contribution >= 4 is 0 Å². The molecule has 0 heterocycles. The molecule has 0 spiro atoms. The molecule has 0 atom stereocenters. The van der Waals surface area contributed by atoms with E-state index in [0.29, 0.717) is 0 Å². The van der Waals surface area contributed by atoms with Gasteiger partial charge < -0.3 is 9.47 Å². The first-order chi connectivity index (χ1) is 8.31. The molecule has 0 bridgehead atoms. The quantitative estimate of drug-likeness (QED) is 0.629. The van der Waals surface area contributed by atoms with Crippen LogP contribution >= 0.6 is 0 Å². The van der Waals surface area contributed by atoms with Gasteiger partial charge >= 0.3 is 0 Å². The molecule has 0 aromatic heterocycles. The maximum atomic E-state index is 5.75. The number of aryl methyl sites for hydroxylation is 1. The van der Waals surface area contributed by atoms with Gasteiger partial charge in [-0.25, -0.2) is 0 Å². The number of benzene rings is 1. The van der Waals surface area contributed by atoms with Gasteiger partial charge in [-0.3, -0.25) is 0 Å². The largest absolute Gasteiger partial charge is 0.493 e. The molecule has 0 aliphatic heterocycles. The number of ether oxygens (including phenoxy) is 2. The molecule has 0 saturated heterocycles. The molecule has 0 radical (unpaired) electrons. The van der Waals surface area contributed by atoms with Crippen LogP contribution in [0.3, 0.4) is 0 Å². The summed E-state index contributed by atoms with van der Waals surface area (Å²) in [5.74, 6) is 1.71. The van der Waals surface area contributed by atoms with Crippen molar-refractivity contribution in [3.8, 4) is 11.5 Å². The van der Waals surface area contributed by atoms with Gasteiger partial charge in [0.15, 0.2) is 11.5 Å². The smallest absolute Gasteiger partial charge is 0.161 e. The molecule has 1 aromatic carbocycles. The van der Waals surface area contributed by atoms with Crippen molar-refractivity contribution in [3.63, 3.8) is 0 Å². The monoisotopic (exact) mass is 236 g/mol. The molecule has 1 rings (SSSR count). The summed E-state index contributed by atoms with van der Waals surface area (Å²) in [7, 11) is 1.69. The highest BCUT2D eigenvalue weighted by molar-refractivity contribution is 5.42. The Balaban J connectivity index is 2.46. The predicted molar refractivity (Wildman–Crippen MR) is 72.0 cm³/mol. The van der Waals surface area contributed by atoms with E-state index in [2.05, 4.69) is 26.0 Å². The van der Waals surface area contributed by atoms with Crippen molar-refractivity contribution in [2.75, 3.05) is 13.7 Å². The summed E-state index contributed by atoms with van der Waals surface area (Å²) in [5, 5.41) is 0. The van der Waals surface area contributed by atoms with Crippen molar-refractivity contribution in [1.29, 1.82) is 0 Å². The molecule has 0 fully saturated rings. The molecule has 96 valence electrons. The molecular weight excluding hydrogens is 212 g/mol. The summed E-state index contributed by atoms with van der Waals surface area (Å²) >= 11 is 0. The zero-order valence-electron chi connectivity index (χ0n) is 11.3. The fourth-order valence-corrected chi connectivity index (χ4v) is 1.76. The van der Waals surface area contributed by atoms with E-state index in [1.54, 1.807) is 7.11 Å². The minimum atomic E-state index is 0.780. The normalized spacial score (nSPS) is 10.3. The van der Waals surface area contributed by atoms with Gasteiger partial charge in [0.1, 0.15) is 0 Å². The van der Waals surface area contributed by atoms with Crippen LogP contribution in [0.15, 0.2) is 18.2 Å². The Hall–Kier alpha value is -1.18. The summed E-state index contributed by atoms with van der Waals surface area (Å²) in [6.07, 6.45) is 5.93. The van der Waals surface area contributed by atoms with Gasteiger partial charge in [0.05, 0.1) is 13.7 Å². The van der Waals surface area contributed by atoms with Gasteiger partial charge in [0, 0.05) is 0 Å². The molecular formula is C15H24O2. The highest BCUT2D eigenvalue weighted by Gasteiger charge is 2.04. The van der Waals surface area contributed by atoms with Gasteiger partial charge in [-0.15, -0.1) is 0 Å². The summed E-state index contributed by atoms with van der Waals surface area (Å²) in [6.45, 7) is 5.13. The molecule has 0 N–H and O–H groups in total. The SMILES string of the molecule is CCCCCCOc1ccc(CC)cc1OC. The fraction of sp³-hybridized carbons (Fsp3) is 0.600. The minimum absolute atomic E-state index is 0.780.